The van der Waals surface area contributed by atoms with Gasteiger partial charge in [0.15, 0.2) is 0 Å². The highest BCUT2D eigenvalue weighted by atomic mass is 16.5. The second kappa shape index (κ2) is 4.82. The summed E-state index contributed by atoms with van der Waals surface area (Å²) in [5.74, 6) is -0.913. The van der Waals surface area contributed by atoms with Crippen LogP contribution in [0.1, 0.15) is 27.2 Å². The minimum absolute atomic E-state index is 0.0120. The molecule has 92 valence electrons. The minimum Gasteiger partial charge on any atom is -0.481 e. The summed E-state index contributed by atoms with van der Waals surface area (Å²) in [6.45, 7) is 6.79. The molecule has 0 aromatic heterocycles. The molecule has 0 aromatic carbocycles. The Hall–Kier alpha value is -1.10. The maximum atomic E-state index is 12.1. The highest BCUT2D eigenvalue weighted by Gasteiger charge is 2.34. The molecule has 0 aromatic rings. The van der Waals surface area contributed by atoms with Gasteiger partial charge in [-0.05, 0) is 0 Å². The van der Waals surface area contributed by atoms with Crippen molar-refractivity contribution in [1.82, 2.24) is 4.90 Å². The van der Waals surface area contributed by atoms with Gasteiger partial charge in [-0.15, -0.1) is 0 Å². The Labute approximate surface area is 95.4 Å². The van der Waals surface area contributed by atoms with Crippen molar-refractivity contribution in [3.05, 3.63) is 0 Å². The van der Waals surface area contributed by atoms with Gasteiger partial charge in [-0.3, -0.25) is 9.59 Å². The van der Waals surface area contributed by atoms with Crippen LogP contribution in [0.3, 0.4) is 0 Å². The van der Waals surface area contributed by atoms with Gasteiger partial charge in [0.1, 0.15) is 0 Å². The number of ether oxygens (including phenoxy) is 1. The molecule has 1 rings (SSSR count). The summed E-state index contributed by atoms with van der Waals surface area (Å²) in [6, 6.07) is -0.335. The maximum Gasteiger partial charge on any atom is 0.305 e. The van der Waals surface area contributed by atoms with Gasteiger partial charge in [0.25, 0.3) is 0 Å². The zero-order valence-corrected chi connectivity index (χ0v) is 10.0. The first-order valence-electron chi connectivity index (χ1n) is 5.43. The van der Waals surface area contributed by atoms with Crippen molar-refractivity contribution in [2.24, 2.45) is 5.41 Å². The van der Waals surface area contributed by atoms with E-state index in [1.807, 2.05) is 20.8 Å². The van der Waals surface area contributed by atoms with Crippen LogP contribution >= 0.6 is 0 Å². The number of hydrogen-bond donors (Lipinski definition) is 1. The Bertz CT molecular complexity index is 282. The molecule has 1 fully saturated rings. The van der Waals surface area contributed by atoms with Gasteiger partial charge < -0.3 is 14.7 Å². The summed E-state index contributed by atoms with van der Waals surface area (Å²) in [6.07, 6.45) is -0.0537. The van der Waals surface area contributed by atoms with Gasteiger partial charge in [0, 0.05) is 12.0 Å². The van der Waals surface area contributed by atoms with Crippen LogP contribution in [0.5, 0.6) is 0 Å². The number of nitrogens with zero attached hydrogens (tertiary/aromatic N) is 1. The molecule has 0 bridgehead atoms. The van der Waals surface area contributed by atoms with E-state index in [4.69, 9.17) is 9.84 Å². The number of hydrogen-bond acceptors (Lipinski definition) is 3. The predicted octanol–water partition coefficient (Wildman–Crippen LogP) is 0.735. The van der Waals surface area contributed by atoms with Crippen LogP contribution in [0.25, 0.3) is 0 Å². The smallest absolute Gasteiger partial charge is 0.305 e. The largest absolute Gasteiger partial charge is 0.481 e. The highest BCUT2D eigenvalue weighted by molar-refractivity contribution is 5.82. The zero-order chi connectivity index (χ0) is 12.3. The van der Waals surface area contributed by atoms with Crippen molar-refractivity contribution in [1.29, 1.82) is 0 Å². The van der Waals surface area contributed by atoms with Crippen LogP contribution in [0.15, 0.2) is 0 Å². The zero-order valence-electron chi connectivity index (χ0n) is 10.0. The standard InChI is InChI=1S/C11H19NO4/c1-11(2,3)10(15)12-4-5-16-7-8(12)6-9(13)14/h8H,4-7H2,1-3H3,(H,13,14). The molecule has 16 heavy (non-hydrogen) atoms. The molecule has 1 saturated heterocycles. The van der Waals surface area contributed by atoms with Crippen molar-refractivity contribution in [3.8, 4) is 0 Å². The van der Waals surface area contributed by atoms with Gasteiger partial charge in [-0.1, -0.05) is 20.8 Å². The van der Waals surface area contributed by atoms with E-state index in [-0.39, 0.29) is 18.4 Å². The van der Waals surface area contributed by atoms with Crippen molar-refractivity contribution in [2.45, 2.75) is 33.2 Å². The Morgan fingerprint density at radius 2 is 2.06 bits per heavy atom. The molecule has 0 spiro atoms. The Kier molecular flexibility index (Phi) is 3.91. The minimum atomic E-state index is -0.901. The number of amides is 1. The van der Waals surface area contributed by atoms with E-state index in [1.165, 1.54) is 0 Å². The normalized spacial score (nSPS) is 21.9. The number of carbonyl (C=O) groups is 2. The molecule has 1 aliphatic rings. The number of carboxylic acid groups (broad SMARTS) is 1. The van der Waals surface area contributed by atoms with Crippen molar-refractivity contribution < 1.29 is 19.4 Å². The van der Waals surface area contributed by atoms with E-state index in [1.54, 1.807) is 4.90 Å². The van der Waals surface area contributed by atoms with E-state index < -0.39 is 11.4 Å². The Morgan fingerprint density at radius 1 is 1.44 bits per heavy atom. The summed E-state index contributed by atoms with van der Waals surface area (Å²) in [7, 11) is 0. The predicted molar refractivity (Wildman–Crippen MR) is 58.0 cm³/mol. The SMILES string of the molecule is CC(C)(C)C(=O)N1CCOCC1CC(=O)O. The summed E-state index contributed by atoms with van der Waals surface area (Å²) >= 11 is 0. The Balaban J connectivity index is 2.74. The summed E-state index contributed by atoms with van der Waals surface area (Å²) in [5.41, 5.74) is -0.478. The second-order valence-corrected chi connectivity index (χ2v) is 5.08. The molecule has 5 heteroatoms. The van der Waals surface area contributed by atoms with E-state index >= 15 is 0 Å². The molecule has 1 atom stereocenters. The average molecular weight is 229 g/mol. The quantitative estimate of drug-likeness (QED) is 0.758. The Morgan fingerprint density at radius 3 is 2.56 bits per heavy atom. The monoisotopic (exact) mass is 229 g/mol. The average Bonchev–Trinajstić information content (AvgIpc) is 2.15. The fourth-order valence-electron chi connectivity index (χ4n) is 1.72. The molecule has 0 aliphatic carbocycles. The number of carboxylic acids is 1. The van der Waals surface area contributed by atoms with Crippen molar-refractivity contribution in [3.63, 3.8) is 0 Å². The maximum absolute atomic E-state index is 12.1. The first-order valence-corrected chi connectivity index (χ1v) is 5.43. The molecule has 1 heterocycles. The summed E-state index contributed by atoms with van der Waals surface area (Å²) in [5, 5.41) is 8.77. The fraction of sp³-hybridized carbons (Fsp3) is 0.818. The lowest BCUT2D eigenvalue weighted by atomic mass is 9.93. The lowest BCUT2D eigenvalue weighted by Gasteiger charge is -2.38. The van der Waals surface area contributed by atoms with E-state index in [0.717, 1.165) is 0 Å². The molecule has 1 N–H and O–H groups in total. The molecule has 0 saturated carbocycles. The van der Waals surface area contributed by atoms with Crippen LogP contribution in [0, 0.1) is 5.41 Å². The third-order valence-corrected chi connectivity index (χ3v) is 2.54. The van der Waals surface area contributed by atoms with Gasteiger partial charge in [0.2, 0.25) is 5.91 Å². The number of rotatable bonds is 2. The lowest BCUT2D eigenvalue weighted by molar-refractivity contribution is -0.152. The summed E-state index contributed by atoms with van der Waals surface area (Å²) in [4.78, 5) is 24.4. The van der Waals surface area contributed by atoms with E-state index in [2.05, 4.69) is 0 Å². The van der Waals surface area contributed by atoms with Crippen LogP contribution in [-0.2, 0) is 14.3 Å². The van der Waals surface area contributed by atoms with Crippen LogP contribution < -0.4 is 0 Å². The number of aliphatic carboxylic acids is 1. The second-order valence-electron chi connectivity index (χ2n) is 5.08. The third-order valence-electron chi connectivity index (χ3n) is 2.54. The van der Waals surface area contributed by atoms with Crippen molar-refractivity contribution >= 4 is 11.9 Å². The van der Waals surface area contributed by atoms with Crippen molar-refractivity contribution in [2.75, 3.05) is 19.8 Å². The number of morpholine rings is 1. The molecule has 1 amide bonds. The first kappa shape index (κ1) is 13.0. The van der Waals surface area contributed by atoms with Gasteiger partial charge >= 0.3 is 5.97 Å². The topological polar surface area (TPSA) is 66.8 Å². The molecule has 5 nitrogen and oxygen atoms in total. The molecular weight excluding hydrogens is 210 g/mol. The fourth-order valence-corrected chi connectivity index (χ4v) is 1.72. The first-order chi connectivity index (χ1) is 7.32. The van der Waals surface area contributed by atoms with E-state index in [9.17, 15) is 9.59 Å². The van der Waals surface area contributed by atoms with Crippen LogP contribution in [0.4, 0.5) is 0 Å². The molecular formula is C11H19NO4. The number of carbonyl (C=O) groups excluding carboxylic acids is 1. The van der Waals surface area contributed by atoms with Gasteiger partial charge in [-0.2, -0.15) is 0 Å². The van der Waals surface area contributed by atoms with E-state index in [0.29, 0.717) is 19.8 Å². The van der Waals surface area contributed by atoms with Gasteiger partial charge in [0.05, 0.1) is 25.7 Å². The van der Waals surface area contributed by atoms with Gasteiger partial charge in [-0.25, -0.2) is 0 Å². The molecule has 1 aliphatic heterocycles. The molecule has 0 radical (unpaired) electrons. The molecule has 1 unspecified atom stereocenters. The van der Waals surface area contributed by atoms with Crippen LogP contribution in [-0.4, -0.2) is 47.7 Å². The summed E-state index contributed by atoms with van der Waals surface area (Å²) < 4.78 is 5.22. The third kappa shape index (κ3) is 3.20. The highest BCUT2D eigenvalue weighted by Crippen LogP contribution is 2.22. The van der Waals surface area contributed by atoms with Crippen LogP contribution in [0.2, 0.25) is 0 Å². The lowest BCUT2D eigenvalue weighted by Crippen LogP contribution is -2.52.